The molecular formula is C19H22N2OS2. The van der Waals surface area contributed by atoms with Crippen molar-refractivity contribution in [3.8, 4) is 5.69 Å². The standard InChI is InChI=1S/C19H22N2OS2/c1-5-8-15-13(4)16-17(24-15)20-19(23-6-2)21(18(16)22)14-10-7-9-12(3)11-14/h7,9-11H,5-6,8H2,1-4H3. The fraction of sp³-hybridized carbons (Fsp3) is 0.368. The molecule has 0 bridgehead atoms. The van der Waals surface area contributed by atoms with E-state index in [1.54, 1.807) is 27.7 Å². The molecule has 0 atom stereocenters. The van der Waals surface area contributed by atoms with Crippen LogP contribution in [-0.2, 0) is 6.42 Å². The summed E-state index contributed by atoms with van der Waals surface area (Å²) in [6.07, 6.45) is 2.09. The van der Waals surface area contributed by atoms with Crippen LogP contribution in [0.5, 0.6) is 0 Å². The molecule has 0 N–H and O–H groups in total. The summed E-state index contributed by atoms with van der Waals surface area (Å²) >= 11 is 3.29. The van der Waals surface area contributed by atoms with Gasteiger partial charge in [0.1, 0.15) is 4.83 Å². The molecule has 1 aromatic carbocycles. The van der Waals surface area contributed by atoms with Gasteiger partial charge in [-0.05, 0) is 49.3 Å². The van der Waals surface area contributed by atoms with Crippen molar-refractivity contribution in [1.82, 2.24) is 9.55 Å². The van der Waals surface area contributed by atoms with Crippen LogP contribution >= 0.6 is 23.1 Å². The molecule has 0 fully saturated rings. The van der Waals surface area contributed by atoms with E-state index in [9.17, 15) is 4.79 Å². The van der Waals surface area contributed by atoms with Gasteiger partial charge in [0, 0.05) is 4.88 Å². The fourth-order valence-electron chi connectivity index (χ4n) is 2.90. The summed E-state index contributed by atoms with van der Waals surface area (Å²) in [6.45, 7) is 8.35. The zero-order chi connectivity index (χ0) is 17.3. The number of hydrogen-bond donors (Lipinski definition) is 0. The van der Waals surface area contributed by atoms with Gasteiger partial charge in [-0.15, -0.1) is 11.3 Å². The maximum Gasteiger partial charge on any atom is 0.267 e. The highest BCUT2D eigenvalue weighted by Gasteiger charge is 2.18. The van der Waals surface area contributed by atoms with Crippen LogP contribution in [0.3, 0.4) is 0 Å². The topological polar surface area (TPSA) is 34.9 Å². The Morgan fingerprint density at radius 1 is 1.25 bits per heavy atom. The van der Waals surface area contributed by atoms with Gasteiger partial charge in [-0.3, -0.25) is 9.36 Å². The second-order valence-corrected chi connectivity index (χ2v) is 8.20. The average Bonchev–Trinajstić information content (AvgIpc) is 2.84. The van der Waals surface area contributed by atoms with E-state index in [0.29, 0.717) is 0 Å². The molecule has 0 aliphatic carbocycles. The number of aromatic nitrogens is 2. The summed E-state index contributed by atoms with van der Waals surface area (Å²) in [5.41, 5.74) is 3.19. The lowest BCUT2D eigenvalue weighted by Crippen LogP contribution is -2.21. The first-order chi connectivity index (χ1) is 11.6. The number of thiophene rings is 1. The lowest BCUT2D eigenvalue weighted by molar-refractivity contribution is 0.821. The molecule has 3 rings (SSSR count). The molecule has 3 aromatic rings. The van der Waals surface area contributed by atoms with Crippen molar-refractivity contribution in [3.05, 3.63) is 50.6 Å². The van der Waals surface area contributed by atoms with Crippen molar-refractivity contribution in [3.63, 3.8) is 0 Å². The lowest BCUT2D eigenvalue weighted by atomic mass is 10.1. The number of aryl methyl sites for hydroxylation is 3. The van der Waals surface area contributed by atoms with Crippen LogP contribution in [0, 0.1) is 13.8 Å². The number of nitrogens with zero attached hydrogens (tertiary/aromatic N) is 2. The van der Waals surface area contributed by atoms with Crippen molar-refractivity contribution in [2.75, 3.05) is 5.75 Å². The molecule has 0 saturated heterocycles. The molecule has 0 amide bonds. The number of hydrogen-bond acceptors (Lipinski definition) is 4. The molecule has 0 aliphatic rings. The molecule has 0 unspecified atom stereocenters. The normalized spacial score (nSPS) is 11.3. The molecule has 24 heavy (non-hydrogen) atoms. The molecule has 2 aromatic heterocycles. The number of benzene rings is 1. The van der Waals surface area contributed by atoms with Gasteiger partial charge >= 0.3 is 0 Å². The first-order valence-electron chi connectivity index (χ1n) is 8.31. The van der Waals surface area contributed by atoms with Gasteiger partial charge in [-0.25, -0.2) is 4.98 Å². The highest BCUT2D eigenvalue weighted by molar-refractivity contribution is 7.99. The Bertz CT molecular complexity index is 940. The highest BCUT2D eigenvalue weighted by atomic mass is 32.2. The SMILES string of the molecule is CCCc1sc2nc(SCC)n(-c3cccc(C)c3)c(=O)c2c1C. The summed E-state index contributed by atoms with van der Waals surface area (Å²) < 4.78 is 1.78. The third-order valence-electron chi connectivity index (χ3n) is 4.04. The predicted molar refractivity (Wildman–Crippen MR) is 105 cm³/mol. The van der Waals surface area contributed by atoms with Crippen LogP contribution in [0.25, 0.3) is 15.9 Å². The van der Waals surface area contributed by atoms with Crippen LogP contribution in [0.2, 0.25) is 0 Å². The Morgan fingerprint density at radius 2 is 2.04 bits per heavy atom. The minimum atomic E-state index is 0.0534. The van der Waals surface area contributed by atoms with E-state index >= 15 is 0 Å². The van der Waals surface area contributed by atoms with Gasteiger partial charge in [-0.1, -0.05) is 44.2 Å². The smallest absolute Gasteiger partial charge is 0.267 e. The van der Waals surface area contributed by atoms with E-state index in [2.05, 4.69) is 20.8 Å². The van der Waals surface area contributed by atoms with Gasteiger partial charge < -0.3 is 0 Å². The molecule has 0 saturated carbocycles. The quantitative estimate of drug-likeness (QED) is 0.468. The first kappa shape index (κ1) is 17.2. The Hall–Kier alpha value is -1.59. The van der Waals surface area contributed by atoms with Gasteiger partial charge in [0.15, 0.2) is 5.16 Å². The third-order valence-corrected chi connectivity index (χ3v) is 6.11. The Morgan fingerprint density at radius 3 is 2.71 bits per heavy atom. The summed E-state index contributed by atoms with van der Waals surface area (Å²) in [6, 6.07) is 8.06. The molecular weight excluding hydrogens is 336 g/mol. The summed E-state index contributed by atoms with van der Waals surface area (Å²) in [7, 11) is 0. The van der Waals surface area contributed by atoms with Crippen LogP contribution in [-0.4, -0.2) is 15.3 Å². The van der Waals surface area contributed by atoms with E-state index in [1.165, 1.54) is 4.88 Å². The van der Waals surface area contributed by atoms with Gasteiger partial charge in [0.05, 0.1) is 11.1 Å². The van der Waals surface area contributed by atoms with E-state index in [-0.39, 0.29) is 5.56 Å². The Kier molecular flexibility index (Phi) is 5.11. The van der Waals surface area contributed by atoms with Gasteiger partial charge in [0.25, 0.3) is 5.56 Å². The Labute approximate surface area is 150 Å². The first-order valence-corrected chi connectivity index (χ1v) is 10.1. The second kappa shape index (κ2) is 7.11. The zero-order valence-electron chi connectivity index (χ0n) is 14.5. The van der Waals surface area contributed by atoms with Gasteiger partial charge in [0.2, 0.25) is 0 Å². The van der Waals surface area contributed by atoms with E-state index in [0.717, 1.165) is 50.8 Å². The predicted octanol–water partition coefficient (Wildman–Crippen LogP) is 5.13. The molecule has 0 spiro atoms. The van der Waals surface area contributed by atoms with Gasteiger partial charge in [-0.2, -0.15) is 0 Å². The van der Waals surface area contributed by atoms with Crippen LogP contribution < -0.4 is 5.56 Å². The molecule has 126 valence electrons. The minimum absolute atomic E-state index is 0.0534. The van der Waals surface area contributed by atoms with Crippen molar-refractivity contribution in [2.24, 2.45) is 0 Å². The van der Waals surface area contributed by atoms with Crippen molar-refractivity contribution >= 4 is 33.3 Å². The fourth-order valence-corrected chi connectivity index (χ4v) is 4.96. The lowest BCUT2D eigenvalue weighted by Gasteiger charge is -2.12. The Balaban J connectivity index is 2.34. The van der Waals surface area contributed by atoms with Crippen LogP contribution in [0.1, 0.15) is 36.3 Å². The summed E-state index contributed by atoms with van der Waals surface area (Å²) in [5, 5.41) is 1.57. The second-order valence-electron chi connectivity index (χ2n) is 5.89. The summed E-state index contributed by atoms with van der Waals surface area (Å²) in [4.78, 5) is 20.3. The van der Waals surface area contributed by atoms with Crippen molar-refractivity contribution < 1.29 is 0 Å². The highest BCUT2D eigenvalue weighted by Crippen LogP contribution is 2.31. The third kappa shape index (κ3) is 3.03. The zero-order valence-corrected chi connectivity index (χ0v) is 16.2. The average molecular weight is 359 g/mol. The maximum atomic E-state index is 13.3. The van der Waals surface area contributed by atoms with E-state index in [1.807, 2.05) is 31.2 Å². The van der Waals surface area contributed by atoms with E-state index in [4.69, 9.17) is 4.98 Å². The molecule has 0 radical (unpaired) electrons. The monoisotopic (exact) mass is 358 g/mol. The number of rotatable bonds is 5. The summed E-state index contributed by atoms with van der Waals surface area (Å²) in [5.74, 6) is 0.885. The maximum absolute atomic E-state index is 13.3. The molecule has 2 heterocycles. The molecule has 0 aliphatic heterocycles. The molecule has 5 heteroatoms. The number of thioether (sulfide) groups is 1. The largest absolute Gasteiger partial charge is 0.268 e. The van der Waals surface area contributed by atoms with Crippen LogP contribution in [0.4, 0.5) is 0 Å². The van der Waals surface area contributed by atoms with E-state index < -0.39 is 0 Å². The van der Waals surface area contributed by atoms with Crippen molar-refractivity contribution in [1.29, 1.82) is 0 Å². The minimum Gasteiger partial charge on any atom is -0.268 e. The van der Waals surface area contributed by atoms with Crippen LogP contribution in [0.15, 0.2) is 34.2 Å². The van der Waals surface area contributed by atoms with Crippen molar-refractivity contribution in [2.45, 2.75) is 45.7 Å². The molecule has 3 nitrogen and oxygen atoms in total. The number of fused-ring (bicyclic) bond motifs is 1.